The number of hydrogen-bond acceptors (Lipinski definition) is 9. The number of ether oxygens (including phenoxy) is 1. The van der Waals surface area contributed by atoms with Crippen molar-refractivity contribution >= 4 is 55.9 Å². The first-order valence-electron chi connectivity index (χ1n) is 12.3. The molecule has 10 nitrogen and oxygen atoms in total. The summed E-state index contributed by atoms with van der Waals surface area (Å²) in [6.45, 7) is 5.73. The van der Waals surface area contributed by atoms with Crippen molar-refractivity contribution in [2.24, 2.45) is 0 Å². The maximum atomic E-state index is 13.6. The number of sulfonamides is 1. The van der Waals surface area contributed by atoms with Crippen molar-refractivity contribution in [1.82, 2.24) is 19.0 Å². The zero-order valence-electron chi connectivity index (χ0n) is 20.6. The number of aromatic nitrogens is 2. The number of nitrogens with one attached hydrogen (secondary N) is 1. The van der Waals surface area contributed by atoms with Gasteiger partial charge in [0.1, 0.15) is 14.9 Å². The number of rotatable bonds is 8. The molecule has 1 aromatic carbocycles. The van der Waals surface area contributed by atoms with Crippen molar-refractivity contribution in [3.8, 4) is 5.69 Å². The molecule has 2 fully saturated rings. The van der Waals surface area contributed by atoms with Gasteiger partial charge in [-0.1, -0.05) is 41.4 Å². The highest BCUT2D eigenvalue weighted by Gasteiger charge is 2.32. The van der Waals surface area contributed by atoms with Gasteiger partial charge in [0.25, 0.3) is 5.56 Å². The van der Waals surface area contributed by atoms with Crippen LogP contribution in [0.5, 0.6) is 0 Å². The maximum absolute atomic E-state index is 13.6. The largest absolute Gasteiger partial charge is 0.379 e. The van der Waals surface area contributed by atoms with Gasteiger partial charge in [-0.05, 0) is 18.2 Å². The first-order valence-corrected chi connectivity index (χ1v) is 15.3. The third kappa shape index (κ3) is 5.86. The first-order chi connectivity index (χ1) is 18.3. The molecule has 0 amide bonds. The second kappa shape index (κ2) is 11.9. The van der Waals surface area contributed by atoms with E-state index in [4.69, 9.17) is 27.9 Å². The Hall–Kier alpha value is -2.19. The molecule has 2 aliphatic rings. The van der Waals surface area contributed by atoms with Crippen LogP contribution in [0, 0.1) is 0 Å². The predicted octanol–water partition coefficient (Wildman–Crippen LogP) is 2.86. The average molecular weight is 600 g/mol. The Morgan fingerprint density at radius 3 is 2.39 bits per heavy atom. The third-order valence-corrected chi connectivity index (χ3v) is 10.3. The fourth-order valence-corrected chi connectivity index (χ4v) is 8.11. The molecule has 0 radical (unpaired) electrons. The molecule has 0 saturated carbocycles. The summed E-state index contributed by atoms with van der Waals surface area (Å²) in [5.74, 6) is 0. The van der Waals surface area contributed by atoms with E-state index in [2.05, 4.69) is 15.3 Å². The minimum atomic E-state index is -3.78. The van der Waals surface area contributed by atoms with Crippen LogP contribution in [0.4, 0.5) is 11.4 Å². The molecule has 0 atom stereocenters. The lowest BCUT2D eigenvalue weighted by atomic mass is 10.2. The molecule has 38 heavy (non-hydrogen) atoms. The standard InChI is InChI=1S/C24H28Cl2N6O4S2/c25-21-16-20(23(26)37-21)38(34,35)31-10-8-30(9-11-31)19-17-28-32(18-4-2-1-3-5-18)24(33)22(19)27-6-7-29-12-14-36-15-13-29/h1-5,16-17,27H,6-15H2. The predicted molar refractivity (Wildman–Crippen MR) is 151 cm³/mol. The molecule has 2 aromatic heterocycles. The minimum Gasteiger partial charge on any atom is -0.379 e. The zero-order valence-corrected chi connectivity index (χ0v) is 23.7. The van der Waals surface area contributed by atoms with Crippen molar-refractivity contribution in [2.75, 3.05) is 75.8 Å². The molecule has 5 rings (SSSR count). The van der Waals surface area contributed by atoms with Crippen LogP contribution in [0.3, 0.4) is 0 Å². The highest BCUT2D eigenvalue weighted by molar-refractivity contribution is 7.89. The summed E-state index contributed by atoms with van der Waals surface area (Å²) >= 11 is 13.1. The van der Waals surface area contributed by atoms with E-state index in [-0.39, 0.29) is 27.9 Å². The van der Waals surface area contributed by atoms with Gasteiger partial charge in [-0.3, -0.25) is 9.69 Å². The topological polar surface area (TPSA) is 100 Å². The smallest absolute Gasteiger partial charge is 0.296 e. The van der Waals surface area contributed by atoms with Crippen molar-refractivity contribution in [3.05, 3.63) is 61.6 Å². The molecule has 14 heteroatoms. The Morgan fingerprint density at radius 1 is 1.03 bits per heavy atom. The van der Waals surface area contributed by atoms with E-state index in [1.165, 1.54) is 15.1 Å². The summed E-state index contributed by atoms with van der Waals surface area (Å²) in [5.41, 5.74) is 1.51. The number of para-hydroxylation sites is 1. The molecule has 204 valence electrons. The van der Waals surface area contributed by atoms with Gasteiger partial charge in [0.15, 0.2) is 0 Å². The molecule has 0 spiro atoms. The van der Waals surface area contributed by atoms with Gasteiger partial charge in [-0.15, -0.1) is 11.3 Å². The van der Waals surface area contributed by atoms with E-state index >= 15 is 0 Å². The molecular formula is C24H28Cl2N6O4S2. The quantitative estimate of drug-likeness (QED) is 0.422. The third-order valence-electron chi connectivity index (χ3n) is 6.61. The summed E-state index contributed by atoms with van der Waals surface area (Å²) in [6.07, 6.45) is 1.67. The van der Waals surface area contributed by atoms with Crippen molar-refractivity contribution in [2.45, 2.75) is 4.90 Å². The van der Waals surface area contributed by atoms with Gasteiger partial charge in [0.2, 0.25) is 10.0 Å². The SMILES string of the molecule is O=c1c(NCCN2CCOCC2)c(N2CCN(S(=O)(=O)c3cc(Cl)sc3Cl)CC2)cnn1-c1ccccc1. The molecule has 2 aliphatic heterocycles. The number of halogens is 2. The Balaban J connectivity index is 1.36. The molecular weight excluding hydrogens is 571 g/mol. The highest BCUT2D eigenvalue weighted by atomic mass is 35.5. The Labute approximate surface area is 235 Å². The number of piperazine rings is 1. The summed E-state index contributed by atoms with van der Waals surface area (Å²) in [7, 11) is -3.78. The second-order valence-electron chi connectivity index (χ2n) is 8.92. The van der Waals surface area contributed by atoms with E-state index in [1.54, 1.807) is 6.20 Å². The Kier molecular flexibility index (Phi) is 8.58. The number of thiophene rings is 1. The average Bonchev–Trinajstić information content (AvgIpc) is 3.29. The van der Waals surface area contributed by atoms with Crippen LogP contribution in [-0.2, 0) is 14.8 Å². The van der Waals surface area contributed by atoms with E-state index in [0.29, 0.717) is 54.2 Å². The van der Waals surface area contributed by atoms with E-state index in [9.17, 15) is 13.2 Å². The first kappa shape index (κ1) is 27.4. The van der Waals surface area contributed by atoms with Crippen molar-refractivity contribution in [3.63, 3.8) is 0 Å². The molecule has 2 saturated heterocycles. The Bertz CT molecular complexity index is 1420. The van der Waals surface area contributed by atoms with Crippen LogP contribution in [0.2, 0.25) is 8.67 Å². The molecule has 0 bridgehead atoms. The van der Waals surface area contributed by atoms with Crippen molar-refractivity contribution in [1.29, 1.82) is 0 Å². The lowest BCUT2D eigenvalue weighted by molar-refractivity contribution is 0.0398. The molecule has 4 heterocycles. The van der Waals surface area contributed by atoms with Crippen LogP contribution < -0.4 is 15.8 Å². The minimum absolute atomic E-state index is 0.0280. The number of morpholine rings is 1. The van der Waals surface area contributed by atoms with Gasteiger partial charge in [-0.25, -0.2) is 8.42 Å². The van der Waals surface area contributed by atoms with Gasteiger partial charge in [0, 0.05) is 52.4 Å². The maximum Gasteiger partial charge on any atom is 0.296 e. The highest BCUT2D eigenvalue weighted by Crippen LogP contribution is 2.36. The summed E-state index contributed by atoms with van der Waals surface area (Å²) in [6, 6.07) is 10.6. The lowest BCUT2D eigenvalue weighted by Crippen LogP contribution is -2.49. The second-order valence-corrected chi connectivity index (χ2v) is 13.1. The fourth-order valence-electron chi connectivity index (χ4n) is 4.58. The van der Waals surface area contributed by atoms with Gasteiger partial charge < -0.3 is 15.0 Å². The van der Waals surface area contributed by atoms with Crippen LogP contribution in [0.15, 0.2) is 52.3 Å². The van der Waals surface area contributed by atoms with Crippen LogP contribution >= 0.6 is 34.5 Å². The molecule has 0 unspecified atom stereocenters. The zero-order chi connectivity index (χ0) is 26.7. The fraction of sp³-hybridized carbons (Fsp3) is 0.417. The number of anilines is 2. The normalized spacial score (nSPS) is 17.6. The van der Waals surface area contributed by atoms with Gasteiger partial charge >= 0.3 is 0 Å². The molecule has 3 aromatic rings. The van der Waals surface area contributed by atoms with Gasteiger partial charge in [-0.2, -0.15) is 14.1 Å². The number of hydrogen-bond donors (Lipinski definition) is 1. The molecule has 1 N–H and O–H groups in total. The summed E-state index contributed by atoms with van der Waals surface area (Å²) in [5, 5.41) is 7.80. The van der Waals surface area contributed by atoms with Crippen LogP contribution in [-0.4, -0.2) is 93.0 Å². The summed E-state index contributed by atoms with van der Waals surface area (Å²) < 4.78 is 35.0. The van der Waals surface area contributed by atoms with Crippen LogP contribution in [0.1, 0.15) is 0 Å². The number of nitrogens with zero attached hydrogens (tertiary/aromatic N) is 5. The Morgan fingerprint density at radius 2 is 1.74 bits per heavy atom. The molecule has 0 aliphatic carbocycles. The van der Waals surface area contributed by atoms with Crippen LogP contribution in [0.25, 0.3) is 5.69 Å². The van der Waals surface area contributed by atoms with E-state index in [1.807, 2.05) is 35.2 Å². The van der Waals surface area contributed by atoms with Crippen molar-refractivity contribution < 1.29 is 13.2 Å². The van der Waals surface area contributed by atoms with Gasteiger partial charge in [0.05, 0.1) is 35.1 Å². The number of benzene rings is 1. The lowest BCUT2D eigenvalue weighted by Gasteiger charge is -2.36. The van der Waals surface area contributed by atoms with E-state index in [0.717, 1.165) is 31.0 Å². The monoisotopic (exact) mass is 598 g/mol. The summed E-state index contributed by atoms with van der Waals surface area (Å²) in [4.78, 5) is 17.9. The van der Waals surface area contributed by atoms with E-state index < -0.39 is 10.0 Å².